The number of ketones is 1. The summed E-state index contributed by atoms with van der Waals surface area (Å²) >= 11 is 0. The second-order valence-electron chi connectivity index (χ2n) is 4.39. The van der Waals surface area contributed by atoms with E-state index in [0.29, 0.717) is 5.56 Å². The number of phenolic OH excluding ortho intramolecular Hbond substituents is 1. The highest BCUT2D eigenvalue weighted by Crippen LogP contribution is 2.09. The number of hydrogen-bond acceptors (Lipinski definition) is 4. The van der Waals surface area contributed by atoms with Crippen LogP contribution in [0.15, 0.2) is 54.6 Å². The van der Waals surface area contributed by atoms with Gasteiger partial charge in [0.2, 0.25) is 0 Å². The number of amides is 1. The van der Waals surface area contributed by atoms with Crippen molar-refractivity contribution in [3.8, 4) is 5.75 Å². The summed E-state index contributed by atoms with van der Waals surface area (Å²) < 4.78 is 4.99. The highest BCUT2D eigenvalue weighted by molar-refractivity contribution is 5.98. The molecule has 5 nitrogen and oxygen atoms in total. The van der Waals surface area contributed by atoms with Crippen LogP contribution in [0.25, 0.3) is 0 Å². The predicted molar refractivity (Wildman–Crippen MR) is 77.1 cm³/mol. The average molecular weight is 285 g/mol. The monoisotopic (exact) mass is 285 g/mol. The van der Waals surface area contributed by atoms with Gasteiger partial charge in [0.05, 0.1) is 6.54 Å². The van der Waals surface area contributed by atoms with Crippen LogP contribution >= 0.6 is 0 Å². The molecule has 0 saturated carbocycles. The Morgan fingerprint density at radius 3 is 2.33 bits per heavy atom. The topological polar surface area (TPSA) is 75.6 Å². The van der Waals surface area contributed by atoms with E-state index in [0.717, 1.165) is 5.56 Å². The minimum atomic E-state index is -0.647. The summed E-state index contributed by atoms with van der Waals surface area (Å²) in [6.45, 7) is -0.00152. The van der Waals surface area contributed by atoms with Crippen LogP contribution in [0.5, 0.6) is 5.75 Å². The first-order valence-corrected chi connectivity index (χ1v) is 6.42. The van der Waals surface area contributed by atoms with Crippen LogP contribution in [0.2, 0.25) is 0 Å². The van der Waals surface area contributed by atoms with Crippen LogP contribution in [0.4, 0.5) is 4.79 Å². The Morgan fingerprint density at radius 2 is 1.67 bits per heavy atom. The number of ether oxygens (including phenoxy) is 1. The van der Waals surface area contributed by atoms with Gasteiger partial charge in [0.1, 0.15) is 12.4 Å². The summed E-state index contributed by atoms with van der Waals surface area (Å²) in [5, 5.41) is 11.5. The van der Waals surface area contributed by atoms with Gasteiger partial charge in [-0.2, -0.15) is 0 Å². The molecule has 0 unspecified atom stereocenters. The highest BCUT2D eigenvalue weighted by Gasteiger charge is 2.09. The van der Waals surface area contributed by atoms with Crippen LogP contribution in [0.3, 0.4) is 0 Å². The van der Waals surface area contributed by atoms with Crippen LogP contribution < -0.4 is 5.32 Å². The summed E-state index contributed by atoms with van der Waals surface area (Å²) in [6.07, 6.45) is -0.647. The Kier molecular flexibility index (Phi) is 4.93. The van der Waals surface area contributed by atoms with E-state index in [1.165, 1.54) is 24.3 Å². The molecule has 0 spiro atoms. The van der Waals surface area contributed by atoms with E-state index in [9.17, 15) is 9.59 Å². The van der Waals surface area contributed by atoms with Crippen LogP contribution in [0, 0.1) is 0 Å². The molecule has 2 aromatic carbocycles. The van der Waals surface area contributed by atoms with Gasteiger partial charge in [0.25, 0.3) is 0 Å². The predicted octanol–water partition coefficient (Wildman–Crippen LogP) is 2.50. The number of carbonyl (C=O) groups is 2. The quantitative estimate of drug-likeness (QED) is 0.828. The molecule has 0 fully saturated rings. The molecule has 2 N–H and O–H groups in total. The first kappa shape index (κ1) is 14.6. The van der Waals surface area contributed by atoms with Gasteiger partial charge in [-0.1, -0.05) is 30.3 Å². The molecule has 0 bridgehead atoms. The second-order valence-corrected chi connectivity index (χ2v) is 4.39. The number of rotatable bonds is 5. The number of phenols is 1. The molecule has 5 heteroatoms. The molecular formula is C16H15NO4. The largest absolute Gasteiger partial charge is 0.508 e. The Balaban J connectivity index is 1.76. The van der Waals surface area contributed by atoms with Crippen molar-refractivity contribution >= 4 is 11.9 Å². The van der Waals surface area contributed by atoms with Crippen molar-refractivity contribution in [2.75, 3.05) is 6.54 Å². The molecule has 1 amide bonds. The summed E-state index contributed by atoms with van der Waals surface area (Å²) in [7, 11) is 0. The normalized spacial score (nSPS) is 9.90. The lowest BCUT2D eigenvalue weighted by molar-refractivity contribution is 0.0974. The van der Waals surface area contributed by atoms with Gasteiger partial charge < -0.3 is 15.2 Å². The highest BCUT2D eigenvalue weighted by atomic mass is 16.5. The van der Waals surface area contributed by atoms with E-state index >= 15 is 0 Å². The Labute approximate surface area is 122 Å². The van der Waals surface area contributed by atoms with E-state index in [-0.39, 0.29) is 24.7 Å². The van der Waals surface area contributed by atoms with Crippen molar-refractivity contribution in [3.05, 3.63) is 65.7 Å². The molecule has 2 rings (SSSR count). The fourth-order valence-electron chi connectivity index (χ4n) is 1.68. The summed E-state index contributed by atoms with van der Waals surface area (Å²) in [4.78, 5) is 23.3. The van der Waals surface area contributed by atoms with Gasteiger partial charge in [-0.3, -0.25) is 4.79 Å². The average Bonchev–Trinajstić information content (AvgIpc) is 2.52. The van der Waals surface area contributed by atoms with Crippen LogP contribution in [0.1, 0.15) is 15.9 Å². The molecule has 0 radical (unpaired) electrons. The molecule has 2 aromatic rings. The van der Waals surface area contributed by atoms with E-state index in [1.807, 2.05) is 30.3 Å². The first-order chi connectivity index (χ1) is 10.1. The second kappa shape index (κ2) is 7.09. The molecule has 0 aliphatic rings. The maximum Gasteiger partial charge on any atom is 0.407 e. The first-order valence-electron chi connectivity index (χ1n) is 6.42. The van der Waals surface area contributed by atoms with Crippen molar-refractivity contribution in [3.63, 3.8) is 0 Å². The number of Topliss-reactive ketones (excluding diaryl/α,β-unsaturated/α-hetero) is 1. The summed E-state index contributed by atoms with van der Waals surface area (Å²) in [5.74, 6) is -0.173. The SMILES string of the molecule is O=C(NCC(=O)c1ccc(O)cc1)OCc1ccccc1. The third-order valence-electron chi connectivity index (χ3n) is 2.80. The van der Waals surface area contributed by atoms with Gasteiger partial charge >= 0.3 is 6.09 Å². The number of aromatic hydroxyl groups is 1. The number of benzene rings is 2. The Bertz CT molecular complexity index is 608. The molecule has 0 aliphatic carbocycles. The molecule has 0 heterocycles. The van der Waals surface area contributed by atoms with Gasteiger partial charge in [0, 0.05) is 5.56 Å². The third kappa shape index (κ3) is 4.65. The van der Waals surface area contributed by atoms with E-state index < -0.39 is 6.09 Å². The fraction of sp³-hybridized carbons (Fsp3) is 0.125. The lowest BCUT2D eigenvalue weighted by Gasteiger charge is -2.06. The van der Waals surface area contributed by atoms with Crippen molar-refractivity contribution in [1.29, 1.82) is 0 Å². The maximum absolute atomic E-state index is 11.8. The van der Waals surface area contributed by atoms with E-state index in [1.54, 1.807) is 0 Å². The summed E-state index contributed by atoms with van der Waals surface area (Å²) in [6, 6.07) is 15.1. The smallest absolute Gasteiger partial charge is 0.407 e. The molecule has 21 heavy (non-hydrogen) atoms. The molecule has 108 valence electrons. The number of carbonyl (C=O) groups excluding carboxylic acids is 2. The number of hydrogen-bond donors (Lipinski definition) is 2. The molecule has 0 saturated heterocycles. The number of nitrogens with one attached hydrogen (secondary N) is 1. The minimum Gasteiger partial charge on any atom is -0.508 e. The van der Waals surface area contributed by atoms with Gasteiger partial charge in [-0.05, 0) is 29.8 Å². The fourth-order valence-corrected chi connectivity index (χ4v) is 1.68. The van der Waals surface area contributed by atoms with Crippen molar-refractivity contribution < 1.29 is 19.4 Å². The molecule has 0 atom stereocenters. The van der Waals surface area contributed by atoms with Crippen molar-refractivity contribution in [1.82, 2.24) is 5.32 Å². The van der Waals surface area contributed by atoms with Crippen molar-refractivity contribution in [2.24, 2.45) is 0 Å². The van der Waals surface area contributed by atoms with Gasteiger partial charge in [-0.25, -0.2) is 4.79 Å². The van der Waals surface area contributed by atoms with Crippen LogP contribution in [-0.2, 0) is 11.3 Å². The van der Waals surface area contributed by atoms with Gasteiger partial charge in [0.15, 0.2) is 5.78 Å². The maximum atomic E-state index is 11.8. The molecular weight excluding hydrogens is 270 g/mol. The summed E-state index contributed by atoms with van der Waals surface area (Å²) in [5.41, 5.74) is 1.29. The van der Waals surface area contributed by atoms with Gasteiger partial charge in [-0.15, -0.1) is 0 Å². The zero-order valence-electron chi connectivity index (χ0n) is 11.3. The van der Waals surface area contributed by atoms with E-state index in [4.69, 9.17) is 9.84 Å². The molecule has 0 aliphatic heterocycles. The minimum absolute atomic E-state index is 0.0850. The lowest BCUT2D eigenvalue weighted by Crippen LogP contribution is -2.30. The zero-order chi connectivity index (χ0) is 15.1. The van der Waals surface area contributed by atoms with E-state index in [2.05, 4.69) is 5.32 Å². The third-order valence-corrected chi connectivity index (χ3v) is 2.80. The Morgan fingerprint density at radius 1 is 1.00 bits per heavy atom. The lowest BCUT2D eigenvalue weighted by atomic mass is 10.1. The zero-order valence-corrected chi connectivity index (χ0v) is 11.3. The standard InChI is InChI=1S/C16H15NO4/c18-14-8-6-13(7-9-14)15(19)10-17-16(20)21-11-12-4-2-1-3-5-12/h1-9,18H,10-11H2,(H,17,20). The van der Waals surface area contributed by atoms with Crippen molar-refractivity contribution in [2.45, 2.75) is 6.61 Å². The van der Waals surface area contributed by atoms with Crippen LogP contribution in [-0.4, -0.2) is 23.5 Å². The Hall–Kier alpha value is -2.82. The number of alkyl carbamates (subject to hydrolysis) is 1. The molecule has 0 aromatic heterocycles.